The van der Waals surface area contributed by atoms with E-state index >= 15 is 0 Å². The van der Waals surface area contributed by atoms with Gasteiger partial charge in [-0.3, -0.25) is 33.8 Å². The number of urea groups is 1. The van der Waals surface area contributed by atoms with Crippen LogP contribution in [-0.2, 0) is 22.6 Å². The summed E-state index contributed by atoms with van der Waals surface area (Å²) in [6.07, 6.45) is 4.39. The van der Waals surface area contributed by atoms with Crippen LogP contribution >= 0.6 is 0 Å². The number of likely N-dealkylation sites (N-methyl/N-ethyl adjacent to an activating group) is 1. The third kappa shape index (κ3) is 6.30. The summed E-state index contributed by atoms with van der Waals surface area (Å²) in [5, 5.41) is 3.32. The first-order valence-electron chi connectivity index (χ1n) is 19.4. The van der Waals surface area contributed by atoms with Crippen LogP contribution in [0, 0.1) is 0 Å². The molecule has 3 N–H and O–H groups in total. The molecular weight excluding hydrogens is 717 g/mol. The lowest BCUT2D eigenvalue weighted by molar-refractivity contribution is -0.132. The highest BCUT2D eigenvalue weighted by Crippen LogP contribution is 2.35. The summed E-state index contributed by atoms with van der Waals surface area (Å²) < 4.78 is 0. The van der Waals surface area contributed by atoms with E-state index in [0.717, 1.165) is 74.8 Å². The molecule has 16 nitrogen and oxygen atoms in total. The number of rotatable bonds is 8. The lowest BCUT2D eigenvalue weighted by Crippen LogP contribution is -2.60. The van der Waals surface area contributed by atoms with Crippen LogP contribution < -0.4 is 20.9 Å². The predicted octanol–water partition coefficient (Wildman–Crippen LogP) is 2.19. The molecule has 1 aromatic heterocycles. The standard InChI is InChI=1S/C40H44N10O6/c1-45-13-14-49(40(45)56)27-3-2-11-47(20-27)34-18-42-35(36(41)53)37(44-34)43-25-5-4-24-19-46(12-10-23(24)15-25)28-21-48(22-28)26-6-8-30-31(16-26)39(55)50(38(30)54)32-9-7-29(51)17-33(32)52/h4-6,8,15-16,18,27-28,32H,2-3,7,9-14,17,19-22H2,1H3,(H2,41,53)(H,43,44)/t27-,32?/m1/s1. The number of aromatic nitrogens is 2. The fourth-order valence-corrected chi connectivity index (χ4v) is 9.08. The van der Waals surface area contributed by atoms with Crippen molar-refractivity contribution in [2.45, 2.75) is 63.2 Å². The highest BCUT2D eigenvalue weighted by molar-refractivity contribution is 6.24. The number of carbonyl (C=O) groups is 6. The Bertz CT molecular complexity index is 2190. The first-order chi connectivity index (χ1) is 27.0. The summed E-state index contributed by atoms with van der Waals surface area (Å²) in [4.78, 5) is 96.6. The zero-order chi connectivity index (χ0) is 38.8. The van der Waals surface area contributed by atoms with Crippen molar-refractivity contribution < 1.29 is 28.8 Å². The Morgan fingerprint density at radius 1 is 0.839 bits per heavy atom. The number of nitrogens with zero attached hydrogens (tertiary/aromatic N) is 8. The highest BCUT2D eigenvalue weighted by Gasteiger charge is 2.45. The second-order valence-corrected chi connectivity index (χ2v) is 15.8. The van der Waals surface area contributed by atoms with Crippen LogP contribution in [0.4, 0.5) is 27.8 Å². The van der Waals surface area contributed by atoms with Gasteiger partial charge in [0, 0.05) is 83.2 Å². The van der Waals surface area contributed by atoms with E-state index < -0.39 is 23.8 Å². The topological polar surface area (TPSA) is 186 Å². The number of nitrogens with two attached hydrogens (primary N) is 1. The number of imide groups is 1. The van der Waals surface area contributed by atoms with Crippen molar-refractivity contribution in [3.05, 3.63) is 70.5 Å². The van der Waals surface area contributed by atoms with Crippen LogP contribution in [0.1, 0.15) is 74.4 Å². The molecule has 290 valence electrons. The molecule has 0 radical (unpaired) electrons. The maximum atomic E-state index is 13.4. The molecule has 3 aromatic rings. The first-order valence-corrected chi connectivity index (χ1v) is 19.4. The van der Waals surface area contributed by atoms with Crippen molar-refractivity contribution >= 4 is 58.3 Å². The zero-order valence-electron chi connectivity index (χ0n) is 31.3. The molecular formula is C40H44N10O6. The third-order valence-corrected chi connectivity index (χ3v) is 12.3. The van der Waals surface area contributed by atoms with Gasteiger partial charge in [-0.2, -0.15) is 0 Å². The van der Waals surface area contributed by atoms with E-state index in [1.54, 1.807) is 23.2 Å². The van der Waals surface area contributed by atoms with Crippen molar-refractivity contribution in [2.24, 2.45) is 5.73 Å². The Morgan fingerprint density at radius 2 is 1.64 bits per heavy atom. The van der Waals surface area contributed by atoms with Gasteiger partial charge >= 0.3 is 6.03 Å². The molecule has 2 atom stereocenters. The van der Waals surface area contributed by atoms with Gasteiger partial charge in [-0.15, -0.1) is 0 Å². The van der Waals surface area contributed by atoms with E-state index in [4.69, 9.17) is 10.7 Å². The summed E-state index contributed by atoms with van der Waals surface area (Å²) in [6, 6.07) is 11.0. The quantitative estimate of drug-likeness (QED) is 0.252. The van der Waals surface area contributed by atoms with Crippen molar-refractivity contribution in [2.75, 3.05) is 68.0 Å². The molecule has 56 heavy (non-hydrogen) atoms. The molecule has 1 saturated carbocycles. The van der Waals surface area contributed by atoms with E-state index in [-0.39, 0.29) is 48.6 Å². The number of carbonyl (C=O) groups excluding carboxylic acids is 6. The normalized spacial score (nSPS) is 23.2. The Hall–Kier alpha value is -5.90. The lowest BCUT2D eigenvalue weighted by Gasteiger charge is -2.48. The van der Waals surface area contributed by atoms with Crippen molar-refractivity contribution in [1.29, 1.82) is 0 Å². The lowest BCUT2D eigenvalue weighted by atomic mass is 9.92. The van der Waals surface area contributed by atoms with Crippen LogP contribution in [0.5, 0.6) is 0 Å². The Morgan fingerprint density at radius 3 is 2.41 bits per heavy atom. The highest BCUT2D eigenvalue weighted by atomic mass is 16.2. The second-order valence-electron chi connectivity index (χ2n) is 15.8. The van der Waals surface area contributed by atoms with Gasteiger partial charge in [0.25, 0.3) is 17.7 Å². The largest absolute Gasteiger partial charge is 0.368 e. The Labute approximate surface area is 323 Å². The van der Waals surface area contributed by atoms with E-state index in [2.05, 4.69) is 37.1 Å². The van der Waals surface area contributed by atoms with Crippen molar-refractivity contribution in [1.82, 2.24) is 29.6 Å². The van der Waals surface area contributed by atoms with Crippen LogP contribution in [0.3, 0.4) is 0 Å². The average molecular weight is 761 g/mol. The Balaban J connectivity index is 0.833. The summed E-state index contributed by atoms with van der Waals surface area (Å²) >= 11 is 0. The number of hydrogen-bond acceptors (Lipinski definition) is 12. The molecule has 0 bridgehead atoms. The third-order valence-electron chi connectivity index (χ3n) is 12.3. The van der Waals surface area contributed by atoms with Gasteiger partial charge in [0.15, 0.2) is 17.3 Å². The van der Waals surface area contributed by atoms with Gasteiger partial charge in [0.05, 0.1) is 35.8 Å². The molecule has 5 aliphatic heterocycles. The molecule has 4 fully saturated rings. The molecule has 6 aliphatic rings. The number of fused-ring (bicyclic) bond motifs is 2. The zero-order valence-corrected chi connectivity index (χ0v) is 31.3. The number of hydrogen-bond donors (Lipinski definition) is 2. The Kier molecular flexibility index (Phi) is 8.94. The van der Waals surface area contributed by atoms with Crippen LogP contribution in [0.25, 0.3) is 0 Å². The number of nitrogens with one attached hydrogen (secondary N) is 1. The van der Waals surface area contributed by atoms with Gasteiger partial charge < -0.3 is 30.7 Å². The smallest absolute Gasteiger partial charge is 0.320 e. The summed E-state index contributed by atoms with van der Waals surface area (Å²) in [5.41, 5.74) is 10.5. The number of Topliss-reactive ketones (excluding diaryl/α,β-unsaturated/α-hetero) is 2. The van der Waals surface area contributed by atoms with Gasteiger partial charge in [-0.1, -0.05) is 6.07 Å². The average Bonchev–Trinajstić information content (AvgIpc) is 3.63. The number of benzene rings is 2. The molecule has 9 rings (SSSR count). The number of ketones is 2. The molecule has 1 unspecified atom stereocenters. The number of piperidine rings is 1. The van der Waals surface area contributed by atoms with Crippen molar-refractivity contribution in [3.8, 4) is 0 Å². The summed E-state index contributed by atoms with van der Waals surface area (Å²) in [5.74, 6) is -1.21. The monoisotopic (exact) mass is 760 g/mol. The van der Waals surface area contributed by atoms with Gasteiger partial charge in [-0.25, -0.2) is 14.8 Å². The van der Waals surface area contributed by atoms with E-state index in [0.29, 0.717) is 41.9 Å². The molecule has 1 aliphatic carbocycles. The molecule has 3 saturated heterocycles. The minimum atomic E-state index is -0.881. The minimum absolute atomic E-state index is 0.0531. The minimum Gasteiger partial charge on any atom is -0.368 e. The maximum absolute atomic E-state index is 13.4. The second kappa shape index (κ2) is 14.0. The van der Waals surface area contributed by atoms with Gasteiger partial charge in [0.1, 0.15) is 11.6 Å². The molecule has 5 amide bonds. The molecule has 16 heteroatoms. The summed E-state index contributed by atoms with van der Waals surface area (Å²) in [6.45, 7) is 6.04. The summed E-state index contributed by atoms with van der Waals surface area (Å²) in [7, 11) is 1.83. The predicted molar refractivity (Wildman–Crippen MR) is 205 cm³/mol. The van der Waals surface area contributed by atoms with Gasteiger partial charge in [-0.05, 0) is 67.1 Å². The molecule has 2 aromatic carbocycles. The van der Waals surface area contributed by atoms with E-state index in [9.17, 15) is 28.8 Å². The molecule has 6 heterocycles. The van der Waals surface area contributed by atoms with E-state index in [1.807, 2.05) is 24.1 Å². The maximum Gasteiger partial charge on any atom is 0.320 e. The number of amides is 5. The van der Waals surface area contributed by atoms with Crippen LogP contribution in [0.2, 0.25) is 0 Å². The van der Waals surface area contributed by atoms with Gasteiger partial charge in [0.2, 0.25) is 0 Å². The fourth-order valence-electron chi connectivity index (χ4n) is 9.08. The SMILES string of the molecule is CN1CCN([C@@H]2CCCN(c3cnc(C(N)=O)c(Nc4ccc5c(c4)CCN(C4CN(c6ccc7c(c6)C(=O)N(C6CCC(=O)CC6=O)C7=O)C4)C5)n3)C2)C1=O. The first kappa shape index (κ1) is 35.8. The van der Waals surface area contributed by atoms with Crippen LogP contribution in [-0.4, -0.2) is 136 Å². The van der Waals surface area contributed by atoms with E-state index in [1.165, 1.54) is 11.1 Å². The van der Waals surface area contributed by atoms with Crippen LogP contribution in [0.15, 0.2) is 42.6 Å². The number of primary amides is 1. The fraction of sp³-hybridized carbons (Fsp3) is 0.450. The van der Waals surface area contributed by atoms with Crippen molar-refractivity contribution in [3.63, 3.8) is 0 Å². The molecule has 0 spiro atoms. The number of anilines is 4.